The molecular weight excluding hydrogens is 597 g/mol. The molecule has 44 heavy (non-hydrogen) atoms. The van der Waals surface area contributed by atoms with Crippen LogP contribution in [0.2, 0.25) is 0 Å². The number of rotatable bonds is 10. The Labute approximate surface area is 260 Å². The van der Waals surface area contributed by atoms with E-state index in [0.717, 1.165) is 44.7 Å². The molecule has 8 nitrogen and oxygen atoms in total. The first-order valence-electron chi connectivity index (χ1n) is 14.9. The van der Waals surface area contributed by atoms with Crippen molar-refractivity contribution in [3.63, 3.8) is 0 Å². The van der Waals surface area contributed by atoms with E-state index >= 15 is 0 Å². The molecule has 2 aliphatic heterocycles. The standard InChI is InChI=1S/C34H40N2O6S2/c1-24-15-17-28-27(23-24)33(2,3)30(35(28)19-9-21-43(37,38)39)13-8-14-31-34(4,5)32-26-12-7-6-11-25(26)16-18-29(32)36(31)20-10-22-44(40,41)42/h6-8,11-18,23H,9-10,19-22H2,1-5H3,(H-,37,38,39,40,41,42)/p+1. The predicted molar refractivity (Wildman–Crippen MR) is 178 cm³/mol. The zero-order valence-electron chi connectivity index (χ0n) is 25.9. The largest absolute Gasteiger partial charge is 0.344 e. The van der Waals surface area contributed by atoms with E-state index < -0.39 is 25.7 Å². The highest BCUT2D eigenvalue weighted by Gasteiger charge is 2.45. The summed E-state index contributed by atoms with van der Waals surface area (Å²) in [5.74, 6) is -0.636. The van der Waals surface area contributed by atoms with E-state index in [4.69, 9.17) is 0 Å². The molecule has 0 aromatic heterocycles. The number of hydrogen-bond acceptors (Lipinski definition) is 5. The van der Waals surface area contributed by atoms with Crippen LogP contribution in [0.3, 0.4) is 0 Å². The van der Waals surface area contributed by atoms with E-state index in [1.54, 1.807) is 0 Å². The lowest BCUT2D eigenvalue weighted by atomic mass is 9.79. The van der Waals surface area contributed by atoms with Gasteiger partial charge in [0.05, 0.1) is 16.9 Å². The summed E-state index contributed by atoms with van der Waals surface area (Å²) < 4.78 is 67.0. The third-order valence-corrected chi connectivity index (χ3v) is 10.5. The van der Waals surface area contributed by atoms with Gasteiger partial charge in [0.2, 0.25) is 5.69 Å². The summed E-state index contributed by atoms with van der Waals surface area (Å²) in [5, 5.41) is 2.27. The van der Waals surface area contributed by atoms with E-state index in [2.05, 4.69) is 92.6 Å². The molecule has 0 aliphatic carbocycles. The van der Waals surface area contributed by atoms with E-state index in [-0.39, 0.29) is 29.8 Å². The molecule has 0 atom stereocenters. The monoisotopic (exact) mass is 637 g/mol. The number of fused-ring (bicyclic) bond motifs is 4. The van der Waals surface area contributed by atoms with Crippen molar-refractivity contribution in [2.24, 2.45) is 0 Å². The maximum absolute atomic E-state index is 11.5. The van der Waals surface area contributed by atoms with E-state index in [1.807, 2.05) is 24.3 Å². The fraction of sp³-hybridized carbons (Fsp3) is 0.382. The van der Waals surface area contributed by atoms with E-state index in [0.29, 0.717) is 13.1 Å². The molecule has 0 spiro atoms. The number of hydrogen-bond donors (Lipinski definition) is 2. The summed E-state index contributed by atoms with van der Waals surface area (Å²) in [6, 6.07) is 18.7. The maximum atomic E-state index is 11.5. The highest BCUT2D eigenvalue weighted by Crippen LogP contribution is 2.48. The van der Waals surface area contributed by atoms with Crippen LogP contribution in [-0.4, -0.2) is 60.8 Å². The zero-order valence-corrected chi connectivity index (χ0v) is 27.5. The Bertz CT molecular complexity index is 1940. The molecular formula is C34H41N2O6S2+. The smallest absolute Gasteiger partial charge is 0.265 e. The van der Waals surface area contributed by atoms with Gasteiger partial charge in [-0.3, -0.25) is 9.11 Å². The topological polar surface area (TPSA) is 115 Å². The second kappa shape index (κ2) is 11.6. The molecule has 10 heteroatoms. The van der Waals surface area contributed by atoms with Crippen molar-refractivity contribution in [3.8, 4) is 0 Å². The first-order chi connectivity index (χ1) is 20.5. The van der Waals surface area contributed by atoms with Crippen LogP contribution in [-0.2, 0) is 31.1 Å². The summed E-state index contributed by atoms with van der Waals surface area (Å²) in [6.45, 7) is 11.6. The number of nitrogens with zero attached hydrogens (tertiary/aromatic N) is 2. The maximum Gasteiger partial charge on any atom is 0.265 e. The quantitative estimate of drug-likeness (QED) is 0.198. The first-order valence-corrected chi connectivity index (χ1v) is 18.1. The molecule has 0 radical (unpaired) electrons. The van der Waals surface area contributed by atoms with Gasteiger partial charge in [0.25, 0.3) is 20.2 Å². The second-order valence-electron chi connectivity index (χ2n) is 12.8. The number of aryl methyl sites for hydroxylation is 1. The van der Waals surface area contributed by atoms with Crippen LogP contribution in [0.4, 0.5) is 11.4 Å². The minimum atomic E-state index is -4.09. The Morgan fingerprint density at radius 2 is 1.55 bits per heavy atom. The van der Waals surface area contributed by atoms with E-state index in [9.17, 15) is 25.9 Å². The number of anilines is 1. The zero-order chi connectivity index (χ0) is 32.1. The van der Waals surface area contributed by atoms with Crippen LogP contribution in [0.1, 0.15) is 57.2 Å². The van der Waals surface area contributed by atoms with Gasteiger partial charge in [0.1, 0.15) is 6.54 Å². The van der Waals surface area contributed by atoms with Crippen LogP contribution in [0, 0.1) is 6.92 Å². The lowest BCUT2D eigenvalue weighted by molar-refractivity contribution is -0.437. The van der Waals surface area contributed by atoms with Gasteiger partial charge in [-0.2, -0.15) is 21.4 Å². The minimum Gasteiger partial charge on any atom is -0.344 e. The van der Waals surface area contributed by atoms with Gasteiger partial charge in [-0.1, -0.05) is 61.9 Å². The van der Waals surface area contributed by atoms with Gasteiger partial charge in [-0.15, -0.1) is 0 Å². The summed E-state index contributed by atoms with van der Waals surface area (Å²) in [5.41, 5.74) is 6.79. The van der Waals surface area contributed by atoms with Crippen molar-refractivity contribution in [2.45, 2.75) is 58.3 Å². The van der Waals surface area contributed by atoms with Crippen LogP contribution in [0.15, 0.2) is 78.5 Å². The Hall–Kier alpha value is -3.31. The third kappa shape index (κ3) is 6.26. The van der Waals surface area contributed by atoms with Crippen LogP contribution >= 0.6 is 0 Å². The van der Waals surface area contributed by atoms with Crippen LogP contribution in [0.25, 0.3) is 10.8 Å². The van der Waals surface area contributed by atoms with Gasteiger partial charge >= 0.3 is 0 Å². The average molecular weight is 638 g/mol. The van der Waals surface area contributed by atoms with Gasteiger partial charge in [0.15, 0.2) is 5.71 Å². The molecule has 0 unspecified atom stereocenters. The normalized spacial score (nSPS) is 18.5. The van der Waals surface area contributed by atoms with Gasteiger partial charge in [0, 0.05) is 47.5 Å². The summed E-state index contributed by atoms with van der Waals surface area (Å²) in [6.07, 6.45) is 6.71. The Kier molecular flexibility index (Phi) is 8.43. The van der Waals surface area contributed by atoms with Crippen molar-refractivity contribution in [1.82, 2.24) is 0 Å². The summed E-state index contributed by atoms with van der Waals surface area (Å²) in [4.78, 5) is 2.14. The number of allylic oxidation sites excluding steroid dienone is 4. The van der Waals surface area contributed by atoms with Crippen LogP contribution < -0.4 is 4.90 Å². The number of benzene rings is 3. The summed E-state index contributed by atoms with van der Waals surface area (Å²) >= 11 is 0. The minimum absolute atomic E-state index is 0.267. The molecule has 0 amide bonds. The van der Waals surface area contributed by atoms with Crippen molar-refractivity contribution < 1.29 is 30.5 Å². The highest BCUT2D eigenvalue weighted by atomic mass is 32.2. The van der Waals surface area contributed by atoms with Crippen LogP contribution in [0.5, 0.6) is 0 Å². The lowest BCUT2D eigenvalue weighted by Gasteiger charge is -2.27. The van der Waals surface area contributed by atoms with Crippen molar-refractivity contribution in [1.29, 1.82) is 0 Å². The molecule has 0 fully saturated rings. The third-order valence-electron chi connectivity index (χ3n) is 8.88. The van der Waals surface area contributed by atoms with Crippen molar-refractivity contribution in [2.75, 3.05) is 29.5 Å². The SMILES string of the molecule is Cc1ccc2c(c1)C(C)(C)/C(=C/C=C/C1=[N+](CCCS(=O)(=O)O)c3ccc4ccccc4c3C1(C)C)N2CCCS(=O)(=O)O. The Morgan fingerprint density at radius 3 is 2.25 bits per heavy atom. The van der Waals surface area contributed by atoms with Crippen molar-refractivity contribution in [3.05, 3.63) is 95.2 Å². The molecule has 3 aromatic rings. The van der Waals surface area contributed by atoms with Gasteiger partial charge in [-0.25, -0.2) is 0 Å². The molecule has 0 saturated carbocycles. The molecule has 0 saturated heterocycles. The molecule has 3 aromatic carbocycles. The predicted octanol–water partition coefficient (Wildman–Crippen LogP) is 6.32. The first kappa shape index (κ1) is 32.1. The molecule has 2 N–H and O–H groups in total. The van der Waals surface area contributed by atoms with Crippen molar-refractivity contribution >= 4 is 48.1 Å². The average Bonchev–Trinajstić information content (AvgIpc) is 3.26. The lowest BCUT2D eigenvalue weighted by Crippen LogP contribution is -2.29. The Balaban J connectivity index is 1.57. The van der Waals surface area contributed by atoms with Gasteiger partial charge < -0.3 is 4.90 Å². The summed E-state index contributed by atoms with van der Waals surface area (Å²) in [7, 11) is -8.16. The fourth-order valence-electron chi connectivity index (χ4n) is 6.85. The molecule has 234 valence electrons. The Morgan fingerprint density at radius 1 is 0.864 bits per heavy atom. The van der Waals surface area contributed by atoms with Gasteiger partial charge in [-0.05, 0) is 61.7 Å². The molecule has 0 bridgehead atoms. The molecule has 5 rings (SSSR count). The second-order valence-corrected chi connectivity index (χ2v) is 16.0. The molecule has 2 heterocycles. The highest BCUT2D eigenvalue weighted by molar-refractivity contribution is 7.86. The molecule has 2 aliphatic rings. The van der Waals surface area contributed by atoms with E-state index in [1.165, 1.54) is 5.56 Å². The fourth-order valence-corrected chi connectivity index (χ4v) is 7.83.